The lowest BCUT2D eigenvalue weighted by atomic mass is 9.95. The van der Waals surface area contributed by atoms with Gasteiger partial charge in [0.05, 0.1) is 5.69 Å². The Kier molecular flexibility index (Phi) is 5.33. The molecular formula is C24H27N3O3. The predicted octanol–water partition coefficient (Wildman–Crippen LogP) is 4.58. The number of urea groups is 1. The Bertz CT molecular complexity index is 1060. The minimum Gasteiger partial charge on any atom is -0.346 e. The van der Waals surface area contributed by atoms with E-state index in [0.29, 0.717) is 11.7 Å². The van der Waals surface area contributed by atoms with E-state index in [1.165, 1.54) is 19.3 Å². The number of rotatable bonds is 3. The predicted molar refractivity (Wildman–Crippen MR) is 116 cm³/mol. The van der Waals surface area contributed by atoms with Crippen LogP contribution in [0.4, 0.5) is 10.5 Å². The molecule has 1 aromatic heterocycles. The molecule has 0 bridgehead atoms. The number of benzene rings is 1. The first-order chi connectivity index (χ1) is 14.4. The number of nitrogens with zero attached hydrogens (tertiary/aromatic N) is 2. The van der Waals surface area contributed by atoms with Crippen molar-refractivity contribution in [1.29, 1.82) is 0 Å². The van der Waals surface area contributed by atoms with Gasteiger partial charge in [-0.1, -0.05) is 31.4 Å². The number of aromatic nitrogens is 1. The first-order valence-electron chi connectivity index (χ1n) is 10.5. The van der Waals surface area contributed by atoms with Gasteiger partial charge in [0.15, 0.2) is 0 Å². The minimum absolute atomic E-state index is 0.0278. The zero-order valence-electron chi connectivity index (χ0n) is 17.7. The number of nitrogens with one attached hydrogen (secondary N) is 1. The third-order valence-electron chi connectivity index (χ3n) is 6.12. The largest absolute Gasteiger partial charge is 0.346 e. The van der Waals surface area contributed by atoms with E-state index in [1.54, 1.807) is 24.3 Å². The fourth-order valence-corrected chi connectivity index (χ4v) is 4.66. The topological polar surface area (TPSA) is 71.4 Å². The Morgan fingerprint density at radius 3 is 2.43 bits per heavy atom. The van der Waals surface area contributed by atoms with E-state index in [2.05, 4.69) is 16.8 Å². The molecule has 1 aromatic carbocycles. The Labute approximate surface area is 176 Å². The van der Waals surface area contributed by atoms with Crippen LogP contribution in [0, 0.1) is 20.8 Å². The van der Waals surface area contributed by atoms with Crippen LogP contribution < -0.4 is 10.2 Å². The highest BCUT2D eigenvalue weighted by molar-refractivity contribution is 6.39. The molecule has 4 amide bonds. The second-order valence-corrected chi connectivity index (χ2v) is 8.29. The highest BCUT2D eigenvalue weighted by Gasteiger charge is 2.37. The molecule has 156 valence electrons. The van der Waals surface area contributed by atoms with Crippen molar-refractivity contribution in [2.24, 2.45) is 0 Å². The van der Waals surface area contributed by atoms with E-state index < -0.39 is 17.8 Å². The van der Waals surface area contributed by atoms with Crippen molar-refractivity contribution < 1.29 is 14.4 Å². The van der Waals surface area contributed by atoms with Gasteiger partial charge in [0.1, 0.15) is 5.57 Å². The summed E-state index contributed by atoms with van der Waals surface area (Å²) in [6, 6.07) is 8.87. The van der Waals surface area contributed by atoms with Crippen molar-refractivity contribution in [3.63, 3.8) is 0 Å². The van der Waals surface area contributed by atoms with Crippen molar-refractivity contribution in [3.8, 4) is 0 Å². The van der Waals surface area contributed by atoms with Crippen LogP contribution in [-0.2, 0) is 9.59 Å². The van der Waals surface area contributed by atoms with Gasteiger partial charge in [-0.05, 0) is 69.0 Å². The number of carbonyl (C=O) groups is 3. The summed E-state index contributed by atoms with van der Waals surface area (Å²) < 4.78 is 2.33. The highest BCUT2D eigenvalue weighted by Crippen LogP contribution is 2.33. The summed E-state index contributed by atoms with van der Waals surface area (Å²) >= 11 is 0. The van der Waals surface area contributed by atoms with E-state index in [0.717, 1.165) is 40.3 Å². The lowest BCUT2D eigenvalue weighted by Crippen LogP contribution is -2.54. The number of amides is 4. The number of anilines is 1. The van der Waals surface area contributed by atoms with Crippen LogP contribution in [0.5, 0.6) is 0 Å². The molecular weight excluding hydrogens is 378 g/mol. The first-order valence-corrected chi connectivity index (χ1v) is 10.5. The maximum absolute atomic E-state index is 13.1. The van der Waals surface area contributed by atoms with Crippen LogP contribution >= 0.6 is 0 Å². The molecule has 1 saturated heterocycles. The molecule has 2 fully saturated rings. The number of aryl methyl sites for hydroxylation is 2. The van der Waals surface area contributed by atoms with Gasteiger partial charge in [0, 0.05) is 17.4 Å². The monoisotopic (exact) mass is 405 g/mol. The van der Waals surface area contributed by atoms with Gasteiger partial charge in [0.25, 0.3) is 11.8 Å². The van der Waals surface area contributed by atoms with Gasteiger partial charge in [-0.25, -0.2) is 9.69 Å². The minimum atomic E-state index is -0.722. The van der Waals surface area contributed by atoms with Crippen molar-refractivity contribution in [1.82, 2.24) is 9.88 Å². The molecule has 2 heterocycles. The third-order valence-corrected chi connectivity index (χ3v) is 6.12. The quantitative estimate of drug-likeness (QED) is 0.600. The van der Waals surface area contributed by atoms with Crippen LogP contribution in [0.15, 0.2) is 35.9 Å². The summed E-state index contributed by atoms with van der Waals surface area (Å²) in [7, 11) is 0. The normalized spacial score (nSPS) is 19.5. The molecule has 2 aromatic rings. The molecule has 1 saturated carbocycles. The lowest BCUT2D eigenvalue weighted by molar-refractivity contribution is -0.122. The number of hydrogen-bond donors (Lipinski definition) is 1. The molecule has 1 aliphatic heterocycles. The third kappa shape index (κ3) is 3.58. The van der Waals surface area contributed by atoms with E-state index in [-0.39, 0.29) is 5.57 Å². The van der Waals surface area contributed by atoms with Crippen molar-refractivity contribution in [2.75, 3.05) is 4.90 Å². The zero-order valence-corrected chi connectivity index (χ0v) is 17.7. The van der Waals surface area contributed by atoms with Crippen LogP contribution in [0.3, 0.4) is 0 Å². The maximum atomic E-state index is 13.1. The number of carbonyl (C=O) groups excluding carboxylic acids is 3. The van der Waals surface area contributed by atoms with Crippen LogP contribution in [-0.4, -0.2) is 22.4 Å². The van der Waals surface area contributed by atoms with Crippen LogP contribution in [0.2, 0.25) is 0 Å². The number of imide groups is 2. The fraction of sp³-hybridized carbons (Fsp3) is 0.375. The van der Waals surface area contributed by atoms with E-state index in [4.69, 9.17) is 0 Å². The molecule has 0 unspecified atom stereocenters. The molecule has 30 heavy (non-hydrogen) atoms. The second kappa shape index (κ2) is 7.94. The Morgan fingerprint density at radius 2 is 1.73 bits per heavy atom. The molecule has 6 heteroatoms. The van der Waals surface area contributed by atoms with Crippen LogP contribution in [0.1, 0.15) is 60.7 Å². The van der Waals surface area contributed by atoms with Crippen molar-refractivity contribution in [2.45, 2.75) is 58.9 Å². The van der Waals surface area contributed by atoms with Crippen molar-refractivity contribution >= 4 is 29.6 Å². The fourth-order valence-electron chi connectivity index (χ4n) is 4.66. The summed E-state index contributed by atoms with van der Waals surface area (Å²) in [6.07, 6.45) is 7.67. The average Bonchev–Trinajstić information content (AvgIpc) is 2.99. The van der Waals surface area contributed by atoms with Gasteiger partial charge in [-0.3, -0.25) is 14.9 Å². The standard InChI is InChI=1S/C24H27N3O3/c1-15-8-7-11-20(12-15)27-23(29)21(22(28)25-24(27)30)14-18-13-16(2)26(17(18)3)19-9-5-4-6-10-19/h7-8,11-14,19H,4-6,9-10H2,1-3H3,(H,25,28,30)/b21-14+. The molecule has 6 nitrogen and oxygen atoms in total. The van der Waals surface area contributed by atoms with Gasteiger partial charge in [0.2, 0.25) is 0 Å². The molecule has 2 aliphatic rings. The molecule has 0 atom stereocenters. The highest BCUT2D eigenvalue weighted by atomic mass is 16.2. The van der Waals surface area contributed by atoms with Crippen molar-refractivity contribution in [3.05, 3.63) is 58.4 Å². The van der Waals surface area contributed by atoms with Gasteiger partial charge >= 0.3 is 6.03 Å². The Morgan fingerprint density at radius 1 is 1.00 bits per heavy atom. The van der Waals surface area contributed by atoms with Crippen LogP contribution in [0.25, 0.3) is 6.08 Å². The molecule has 1 aliphatic carbocycles. The lowest BCUT2D eigenvalue weighted by Gasteiger charge is -2.27. The van der Waals surface area contributed by atoms with Gasteiger partial charge in [-0.15, -0.1) is 0 Å². The molecule has 4 rings (SSSR count). The van der Waals surface area contributed by atoms with E-state index >= 15 is 0 Å². The zero-order chi connectivity index (χ0) is 21.4. The summed E-state index contributed by atoms with van der Waals surface area (Å²) in [5, 5.41) is 2.30. The van der Waals surface area contributed by atoms with E-state index in [1.807, 2.05) is 26.0 Å². The summed E-state index contributed by atoms with van der Waals surface area (Å²) in [5.41, 5.74) is 4.36. The Hall–Kier alpha value is -3.15. The summed E-state index contributed by atoms with van der Waals surface area (Å²) in [4.78, 5) is 39.1. The average molecular weight is 405 g/mol. The Balaban J connectivity index is 1.71. The second-order valence-electron chi connectivity index (χ2n) is 8.29. The number of barbiturate groups is 1. The summed E-state index contributed by atoms with van der Waals surface area (Å²) in [6.45, 7) is 5.98. The maximum Gasteiger partial charge on any atom is 0.335 e. The van der Waals surface area contributed by atoms with E-state index in [9.17, 15) is 14.4 Å². The van der Waals surface area contributed by atoms with Gasteiger partial charge < -0.3 is 4.57 Å². The number of hydrogen-bond acceptors (Lipinski definition) is 3. The SMILES string of the molecule is Cc1cccc(N2C(=O)NC(=O)/C(=C\c3cc(C)n(C4CCCCC4)c3C)C2=O)c1. The molecule has 0 radical (unpaired) electrons. The smallest absolute Gasteiger partial charge is 0.335 e. The molecule has 1 N–H and O–H groups in total. The first kappa shape index (κ1) is 20.1. The van der Waals surface area contributed by atoms with Gasteiger partial charge in [-0.2, -0.15) is 0 Å². The molecule has 0 spiro atoms. The summed E-state index contributed by atoms with van der Waals surface area (Å²) in [5.74, 6) is -1.26.